The van der Waals surface area contributed by atoms with Gasteiger partial charge in [0.05, 0.1) is 5.57 Å². The monoisotopic (exact) mass is 369 g/mol. The zero-order chi connectivity index (χ0) is 19.6. The van der Waals surface area contributed by atoms with Crippen LogP contribution in [0.15, 0.2) is 23.9 Å². The molecule has 0 radical (unpaired) electrons. The van der Waals surface area contributed by atoms with Crippen LogP contribution in [0.1, 0.15) is 43.4 Å². The Hall–Kier alpha value is -2.14. The van der Waals surface area contributed by atoms with Crippen molar-refractivity contribution in [3.63, 3.8) is 0 Å². The highest BCUT2D eigenvalue weighted by atomic mass is 16.2. The Labute approximate surface area is 162 Å². The van der Waals surface area contributed by atoms with Crippen molar-refractivity contribution in [2.45, 2.75) is 40.5 Å². The predicted molar refractivity (Wildman–Crippen MR) is 108 cm³/mol. The first-order valence-electron chi connectivity index (χ1n) is 10.1. The number of rotatable bonds is 6. The Morgan fingerprint density at radius 2 is 1.63 bits per heavy atom. The largest absolute Gasteiger partial charge is 0.364 e. The molecule has 0 unspecified atom stereocenters. The third kappa shape index (κ3) is 3.79. The van der Waals surface area contributed by atoms with Gasteiger partial charge in [-0.15, -0.1) is 0 Å². The molecule has 0 bridgehead atoms. The van der Waals surface area contributed by atoms with Crippen LogP contribution in [0.3, 0.4) is 0 Å². The van der Waals surface area contributed by atoms with Gasteiger partial charge in [0, 0.05) is 32.7 Å². The van der Waals surface area contributed by atoms with Crippen molar-refractivity contribution < 1.29 is 9.59 Å². The number of imide groups is 1. The van der Waals surface area contributed by atoms with Crippen molar-refractivity contribution in [3.05, 3.63) is 40.6 Å². The number of carbonyl (C=O) groups is 2. The quantitative estimate of drug-likeness (QED) is 0.724. The van der Waals surface area contributed by atoms with E-state index in [0.29, 0.717) is 17.8 Å². The zero-order valence-electron chi connectivity index (χ0n) is 17.0. The molecule has 1 fully saturated rings. The van der Waals surface area contributed by atoms with E-state index in [1.165, 1.54) is 10.5 Å². The van der Waals surface area contributed by atoms with Gasteiger partial charge in [0.25, 0.3) is 11.8 Å². The summed E-state index contributed by atoms with van der Waals surface area (Å²) in [6, 6.07) is 6.06. The van der Waals surface area contributed by atoms with E-state index in [-0.39, 0.29) is 11.8 Å². The number of amides is 2. The SMILES string of the molecule is CCCCN1C(=O)C(c2ccc(C)c(C)c2)=C(N2CCN(CC)CC2)C1=O. The molecule has 0 aliphatic carbocycles. The van der Waals surface area contributed by atoms with E-state index >= 15 is 0 Å². The first-order chi connectivity index (χ1) is 13.0. The summed E-state index contributed by atoms with van der Waals surface area (Å²) in [7, 11) is 0. The van der Waals surface area contributed by atoms with Crippen LogP contribution in [0, 0.1) is 13.8 Å². The molecule has 0 saturated carbocycles. The number of unbranched alkanes of at least 4 members (excludes halogenated alkanes) is 1. The van der Waals surface area contributed by atoms with Gasteiger partial charge in [-0.3, -0.25) is 14.5 Å². The first-order valence-corrected chi connectivity index (χ1v) is 10.1. The van der Waals surface area contributed by atoms with Crippen molar-refractivity contribution in [2.24, 2.45) is 0 Å². The van der Waals surface area contributed by atoms with Gasteiger partial charge in [-0.1, -0.05) is 38.5 Å². The number of piperazine rings is 1. The summed E-state index contributed by atoms with van der Waals surface area (Å²) in [5.41, 5.74) is 4.39. The van der Waals surface area contributed by atoms with E-state index in [1.807, 2.05) is 18.2 Å². The summed E-state index contributed by atoms with van der Waals surface area (Å²) in [4.78, 5) is 32.4. The maximum Gasteiger partial charge on any atom is 0.277 e. The lowest BCUT2D eigenvalue weighted by molar-refractivity contribution is -0.137. The molecule has 0 N–H and O–H groups in total. The van der Waals surface area contributed by atoms with Crippen LogP contribution in [0.25, 0.3) is 5.57 Å². The van der Waals surface area contributed by atoms with Crippen molar-refractivity contribution in [1.29, 1.82) is 0 Å². The van der Waals surface area contributed by atoms with Crippen LogP contribution in [-0.2, 0) is 9.59 Å². The molecule has 5 heteroatoms. The van der Waals surface area contributed by atoms with Crippen LogP contribution in [0.2, 0.25) is 0 Å². The van der Waals surface area contributed by atoms with Crippen LogP contribution < -0.4 is 0 Å². The van der Waals surface area contributed by atoms with E-state index in [9.17, 15) is 9.59 Å². The normalized spacial score (nSPS) is 18.8. The fourth-order valence-electron chi connectivity index (χ4n) is 3.82. The maximum absolute atomic E-state index is 13.2. The number of nitrogens with zero attached hydrogens (tertiary/aromatic N) is 3. The molecule has 2 aliphatic heterocycles. The molecule has 2 heterocycles. The minimum Gasteiger partial charge on any atom is -0.364 e. The fourth-order valence-corrected chi connectivity index (χ4v) is 3.82. The third-order valence-electron chi connectivity index (χ3n) is 5.81. The standard InChI is InChI=1S/C22H31N3O2/c1-5-7-10-25-21(26)19(18-9-8-16(3)17(4)15-18)20(22(25)27)24-13-11-23(6-2)12-14-24/h8-9,15H,5-7,10-14H2,1-4H3. The Kier molecular flexibility index (Phi) is 6.00. The number of likely N-dealkylation sites (N-methyl/N-ethyl adjacent to an activating group) is 1. The molecule has 146 valence electrons. The van der Waals surface area contributed by atoms with Gasteiger partial charge in [0.1, 0.15) is 5.70 Å². The average Bonchev–Trinajstić information content (AvgIpc) is 2.92. The summed E-state index contributed by atoms with van der Waals surface area (Å²) in [5, 5.41) is 0. The van der Waals surface area contributed by atoms with Gasteiger partial charge in [-0.05, 0) is 43.5 Å². The third-order valence-corrected chi connectivity index (χ3v) is 5.81. The Bertz CT molecular complexity index is 761. The predicted octanol–water partition coefficient (Wildman–Crippen LogP) is 2.82. The van der Waals surface area contributed by atoms with E-state index in [4.69, 9.17) is 0 Å². The molecular formula is C22H31N3O2. The average molecular weight is 370 g/mol. The van der Waals surface area contributed by atoms with Crippen molar-refractivity contribution in [2.75, 3.05) is 39.3 Å². The number of hydrogen-bond acceptors (Lipinski definition) is 4. The molecule has 1 aromatic carbocycles. The molecule has 5 nitrogen and oxygen atoms in total. The molecule has 0 atom stereocenters. The summed E-state index contributed by atoms with van der Waals surface area (Å²) >= 11 is 0. The lowest BCUT2D eigenvalue weighted by atomic mass is 9.99. The second kappa shape index (κ2) is 8.26. The van der Waals surface area contributed by atoms with Gasteiger partial charge in [0.15, 0.2) is 0 Å². The van der Waals surface area contributed by atoms with E-state index in [0.717, 1.165) is 56.7 Å². The molecule has 1 saturated heterocycles. The zero-order valence-corrected chi connectivity index (χ0v) is 17.0. The topological polar surface area (TPSA) is 43.9 Å². The molecule has 1 aromatic rings. The number of carbonyl (C=O) groups excluding carboxylic acids is 2. The summed E-state index contributed by atoms with van der Waals surface area (Å²) < 4.78 is 0. The fraction of sp³-hybridized carbons (Fsp3) is 0.545. The maximum atomic E-state index is 13.2. The van der Waals surface area contributed by atoms with Crippen LogP contribution >= 0.6 is 0 Å². The minimum atomic E-state index is -0.135. The lowest BCUT2D eigenvalue weighted by Crippen LogP contribution is -2.47. The molecule has 0 spiro atoms. The minimum absolute atomic E-state index is 0.119. The molecule has 2 amide bonds. The highest BCUT2D eigenvalue weighted by Gasteiger charge is 2.41. The molecule has 0 aromatic heterocycles. The Balaban J connectivity index is 2.00. The van der Waals surface area contributed by atoms with Gasteiger partial charge >= 0.3 is 0 Å². The first kappa shape index (κ1) is 19.6. The number of hydrogen-bond donors (Lipinski definition) is 0. The summed E-state index contributed by atoms with van der Waals surface area (Å²) in [6.07, 6.45) is 1.80. The van der Waals surface area contributed by atoms with Crippen LogP contribution in [0.4, 0.5) is 0 Å². The summed E-state index contributed by atoms with van der Waals surface area (Å²) in [6.45, 7) is 13.3. The highest BCUT2D eigenvalue weighted by Crippen LogP contribution is 2.33. The van der Waals surface area contributed by atoms with Gasteiger partial charge in [-0.2, -0.15) is 0 Å². The Morgan fingerprint density at radius 3 is 2.22 bits per heavy atom. The molecule has 2 aliphatic rings. The number of aryl methyl sites for hydroxylation is 2. The van der Waals surface area contributed by atoms with Crippen LogP contribution in [0.5, 0.6) is 0 Å². The lowest BCUT2D eigenvalue weighted by Gasteiger charge is -2.36. The van der Waals surface area contributed by atoms with Gasteiger partial charge < -0.3 is 9.80 Å². The van der Waals surface area contributed by atoms with Crippen molar-refractivity contribution >= 4 is 17.4 Å². The summed E-state index contributed by atoms with van der Waals surface area (Å²) in [5.74, 6) is -0.253. The van der Waals surface area contributed by atoms with Crippen molar-refractivity contribution in [3.8, 4) is 0 Å². The molecule has 3 rings (SSSR count). The number of benzene rings is 1. The highest BCUT2D eigenvalue weighted by molar-refractivity contribution is 6.35. The smallest absolute Gasteiger partial charge is 0.277 e. The van der Waals surface area contributed by atoms with Crippen LogP contribution in [-0.4, -0.2) is 65.8 Å². The van der Waals surface area contributed by atoms with E-state index in [2.05, 4.69) is 37.5 Å². The van der Waals surface area contributed by atoms with Gasteiger partial charge in [0.2, 0.25) is 0 Å². The van der Waals surface area contributed by atoms with E-state index in [1.54, 1.807) is 0 Å². The van der Waals surface area contributed by atoms with E-state index < -0.39 is 0 Å². The second-order valence-corrected chi connectivity index (χ2v) is 7.56. The van der Waals surface area contributed by atoms with Crippen molar-refractivity contribution in [1.82, 2.24) is 14.7 Å². The van der Waals surface area contributed by atoms with Gasteiger partial charge in [-0.25, -0.2) is 0 Å². The Morgan fingerprint density at radius 1 is 0.926 bits per heavy atom. The molecule has 27 heavy (non-hydrogen) atoms. The molecular weight excluding hydrogens is 338 g/mol. The second-order valence-electron chi connectivity index (χ2n) is 7.56.